The second-order valence-electron chi connectivity index (χ2n) is 14.5. The summed E-state index contributed by atoms with van der Waals surface area (Å²) in [7, 11) is 0. The van der Waals surface area contributed by atoms with E-state index < -0.39 is 0 Å². The van der Waals surface area contributed by atoms with Crippen molar-refractivity contribution < 1.29 is 4.42 Å². The van der Waals surface area contributed by atoms with E-state index in [0.717, 1.165) is 77.2 Å². The lowest BCUT2D eigenvalue weighted by Crippen LogP contribution is -1.97. The summed E-state index contributed by atoms with van der Waals surface area (Å²) in [5, 5.41) is 10.2. The second kappa shape index (κ2) is 12.0. The van der Waals surface area contributed by atoms with Crippen LogP contribution in [0.2, 0.25) is 0 Å². The summed E-state index contributed by atoms with van der Waals surface area (Å²) in [5.41, 5.74) is 11.3. The van der Waals surface area contributed by atoms with Gasteiger partial charge in [-0.1, -0.05) is 140 Å². The Labute approximate surface area is 321 Å². The summed E-state index contributed by atoms with van der Waals surface area (Å²) in [6.07, 6.45) is 0. The summed E-state index contributed by atoms with van der Waals surface area (Å²) in [5.74, 6) is 0.672. The lowest BCUT2D eigenvalue weighted by atomic mass is 9.94. The van der Waals surface area contributed by atoms with E-state index in [0.29, 0.717) is 5.82 Å². The van der Waals surface area contributed by atoms with Crippen LogP contribution in [0.5, 0.6) is 0 Å². The van der Waals surface area contributed by atoms with Crippen molar-refractivity contribution in [2.24, 2.45) is 0 Å². The van der Waals surface area contributed by atoms with Crippen LogP contribution in [-0.4, -0.2) is 14.5 Å². The number of benzene rings is 9. The topological polar surface area (TPSA) is 43.9 Å². The Kier molecular flexibility index (Phi) is 6.60. The molecule has 0 fully saturated rings. The van der Waals surface area contributed by atoms with E-state index in [1.54, 1.807) is 0 Å². The molecule has 12 aromatic rings. The van der Waals surface area contributed by atoms with Crippen molar-refractivity contribution in [1.29, 1.82) is 0 Å². The summed E-state index contributed by atoms with van der Waals surface area (Å²) >= 11 is 0. The Morgan fingerprint density at radius 2 is 1.00 bits per heavy atom. The zero-order chi connectivity index (χ0) is 36.7. The fourth-order valence-corrected chi connectivity index (χ4v) is 8.90. The van der Waals surface area contributed by atoms with E-state index in [4.69, 9.17) is 14.4 Å². The third-order valence-electron chi connectivity index (χ3n) is 11.4. The molecule has 0 bridgehead atoms. The molecule has 0 amide bonds. The van der Waals surface area contributed by atoms with E-state index in [1.807, 2.05) is 12.1 Å². The summed E-state index contributed by atoms with van der Waals surface area (Å²) in [4.78, 5) is 10.9. The van der Waals surface area contributed by atoms with E-state index >= 15 is 0 Å². The standard InChI is InChI=1S/C52H31N3O/c1-3-14-32(15-4-1)50-49-39-21-9-7-18-36(39)37-19-8-10-22-40(37)51(49)54-52(53-50)41-23-13-25-47-48(41)43-31-34(27-29-46(43)56-47)33-26-28-45-42(30-33)38-20-11-12-24-44(38)55(45)35-16-5-2-6-17-35/h1-31H. The Morgan fingerprint density at radius 1 is 0.375 bits per heavy atom. The van der Waals surface area contributed by atoms with Crippen LogP contribution in [0.3, 0.4) is 0 Å². The minimum atomic E-state index is 0.672. The van der Waals surface area contributed by atoms with Gasteiger partial charge < -0.3 is 8.98 Å². The molecule has 0 N–H and O–H groups in total. The van der Waals surface area contributed by atoms with Gasteiger partial charge in [-0.15, -0.1) is 0 Å². The monoisotopic (exact) mass is 713 g/mol. The molecule has 56 heavy (non-hydrogen) atoms. The highest BCUT2D eigenvalue weighted by atomic mass is 16.3. The number of hydrogen-bond donors (Lipinski definition) is 0. The Morgan fingerprint density at radius 3 is 1.80 bits per heavy atom. The molecule has 0 aliphatic rings. The van der Waals surface area contributed by atoms with Gasteiger partial charge in [0.2, 0.25) is 0 Å². The van der Waals surface area contributed by atoms with Gasteiger partial charge in [-0.05, 0) is 75.8 Å². The molecule has 260 valence electrons. The van der Waals surface area contributed by atoms with Gasteiger partial charge in [0.1, 0.15) is 11.2 Å². The SMILES string of the molecule is c1ccc(-c2nc(-c3cccc4oc5ccc(-c6ccc7c(c6)c6ccccc6n7-c6ccccc6)cc5c34)nc3c4ccccc4c4ccccc4c23)cc1. The van der Waals surface area contributed by atoms with Crippen molar-refractivity contribution in [3.05, 3.63) is 188 Å². The van der Waals surface area contributed by atoms with Crippen LogP contribution in [0.15, 0.2) is 192 Å². The van der Waals surface area contributed by atoms with Crippen LogP contribution in [-0.2, 0) is 0 Å². The van der Waals surface area contributed by atoms with Gasteiger partial charge in [0, 0.05) is 49.1 Å². The molecular formula is C52H31N3O. The van der Waals surface area contributed by atoms with Crippen molar-refractivity contribution >= 4 is 76.2 Å². The lowest BCUT2D eigenvalue weighted by molar-refractivity contribution is 0.669. The van der Waals surface area contributed by atoms with Gasteiger partial charge in [0.25, 0.3) is 0 Å². The smallest absolute Gasteiger partial charge is 0.161 e. The first-order valence-corrected chi connectivity index (χ1v) is 19.0. The molecule has 0 saturated carbocycles. The van der Waals surface area contributed by atoms with Crippen LogP contribution in [0, 0.1) is 0 Å². The first-order valence-electron chi connectivity index (χ1n) is 19.0. The molecule has 0 atom stereocenters. The van der Waals surface area contributed by atoms with Gasteiger partial charge in [-0.25, -0.2) is 9.97 Å². The molecule has 0 aliphatic carbocycles. The van der Waals surface area contributed by atoms with Crippen molar-refractivity contribution in [2.45, 2.75) is 0 Å². The number of para-hydroxylation sites is 2. The number of aromatic nitrogens is 3. The maximum atomic E-state index is 6.56. The van der Waals surface area contributed by atoms with Gasteiger partial charge >= 0.3 is 0 Å². The van der Waals surface area contributed by atoms with E-state index in [-0.39, 0.29) is 0 Å². The van der Waals surface area contributed by atoms with Crippen molar-refractivity contribution in [2.75, 3.05) is 0 Å². The van der Waals surface area contributed by atoms with Gasteiger partial charge in [-0.2, -0.15) is 0 Å². The minimum absolute atomic E-state index is 0.672. The normalized spacial score (nSPS) is 11.9. The molecule has 0 aliphatic heterocycles. The predicted octanol–water partition coefficient (Wildman–Crippen LogP) is 13.9. The average Bonchev–Trinajstić information content (AvgIpc) is 3.82. The molecular weight excluding hydrogens is 683 g/mol. The molecule has 12 rings (SSSR count). The third-order valence-corrected chi connectivity index (χ3v) is 11.4. The largest absolute Gasteiger partial charge is 0.456 e. The molecule has 0 unspecified atom stereocenters. The second-order valence-corrected chi connectivity index (χ2v) is 14.5. The number of fused-ring (bicyclic) bond motifs is 12. The average molecular weight is 714 g/mol. The van der Waals surface area contributed by atoms with Crippen LogP contribution in [0.1, 0.15) is 0 Å². The molecule has 0 saturated heterocycles. The molecule has 0 radical (unpaired) electrons. The van der Waals surface area contributed by atoms with Gasteiger partial charge in [0.05, 0.1) is 22.2 Å². The molecule has 4 heteroatoms. The first kappa shape index (κ1) is 30.9. The summed E-state index contributed by atoms with van der Waals surface area (Å²) in [6.45, 7) is 0. The highest BCUT2D eigenvalue weighted by Crippen LogP contribution is 2.43. The number of rotatable bonds is 4. The van der Waals surface area contributed by atoms with Crippen molar-refractivity contribution in [1.82, 2.24) is 14.5 Å². The van der Waals surface area contributed by atoms with Crippen molar-refractivity contribution in [3.8, 4) is 39.5 Å². The minimum Gasteiger partial charge on any atom is -0.456 e. The number of hydrogen-bond acceptors (Lipinski definition) is 3. The predicted molar refractivity (Wildman–Crippen MR) is 232 cm³/mol. The zero-order valence-corrected chi connectivity index (χ0v) is 30.1. The zero-order valence-electron chi connectivity index (χ0n) is 30.1. The Bertz CT molecular complexity index is 3530. The van der Waals surface area contributed by atoms with E-state index in [2.05, 4.69) is 180 Å². The van der Waals surface area contributed by atoms with Crippen molar-refractivity contribution in [3.63, 3.8) is 0 Å². The maximum Gasteiger partial charge on any atom is 0.161 e. The molecule has 3 aromatic heterocycles. The number of furan rings is 1. The highest BCUT2D eigenvalue weighted by Gasteiger charge is 2.21. The first-order chi connectivity index (χ1) is 27.8. The fraction of sp³-hybridized carbons (Fsp3) is 0. The Hall–Kier alpha value is -7.56. The third kappa shape index (κ3) is 4.53. The van der Waals surface area contributed by atoms with Crippen LogP contribution in [0.25, 0.3) is 116 Å². The van der Waals surface area contributed by atoms with Gasteiger partial charge in [-0.3, -0.25) is 0 Å². The fourth-order valence-electron chi connectivity index (χ4n) is 8.90. The highest BCUT2D eigenvalue weighted by molar-refractivity contribution is 6.27. The number of nitrogens with zero attached hydrogens (tertiary/aromatic N) is 3. The summed E-state index contributed by atoms with van der Waals surface area (Å²) in [6, 6.07) is 66.5. The van der Waals surface area contributed by atoms with Crippen LogP contribution in [0.4, 0.5) is 0 Å². The molecule has 3 heterocycles. The maximum absolute atomic E-state index is 6.56. The molecule has 9 aromatic carbocycles. The Balaban J connectivity index is 1.10. The lowest BCUT2D eigenvalue weighted by Gasteiger charge is -2.15. The van der Waals surface area contributed by atoms with E-state index in [9.17, 15) is 0 Å². The summed E-state index contributed by atoms with van der Waals surface area (Å²) < 4.78 is 8.91. The molecule has 4 nitrogen and oxygen atoms in total. The van der Waals surface area contributed by atoms with E-state index in [1.165, 1.54) is 32.6 Å². The van der Waals surface area contributed by atoms with Crippen LogP contribution < -0.4 is 0 Å². The van der Waals surface area contributed by atoms with Crippen LogP contribution >= 0.6 is 0 Å². The quantitative estimate of drug-likeness (QED) is 0.171. The van der Waals surface area contributed by atoms with Gasteiger partial charge in [0.15, 0.2) is 5.82 Å². The molecule has 0 spiro atoms.